The summed E-state index contributed by atoms with van der Waals surface area (Å²) in [5, 5.41) is 21.1. The Morgan fingerprint density at radius 3 is 2.71 bits per heavy atom. The second kappa shape index (κ2) is 5.84. The monoisotopic (exact) mass is 258 g/mol. The van der Waals surface area contributed by atoms with E-state index in [9.17, 15) is 9.90 Å². The maximum absolute atomic E-state index is 10.9. The first-order valence-corrected chi connectivity index (χ1v) is 5.60. The van der Waals surface area contributed by atoms with E-state index in [-0.39, 0.29) is 35.0 Å². The molecule has 0 aliphatic rings. The van der Waals surface area contributed by atoms with Crippen molar-refractivity contribution < 1.29 is 15.0 Å². The van der Waals surface area contributed by atoms with Crippen molar-refractivity contribution in [2.75, 3.05) is 11.9 Å². The molecule has 0 aromatic carbocycles. The van der Waals surface area contributed by atoms with E-state index < -0.39 is 5.97 Å². The molecule has 6 heteroatoms. The van der Waals surface area contributed by atoms with Gasteiger partial charge in [0.15, 0.2) is 0 Å². The number of aromatic carboxylic acids is 1. The molecule has 3 N–H and O–H groups in total. The Labute approximate surface area is 104 Å². The Kier molecular flexibility index (Phi) is 4.72. The summed E-state index contributed by atoms with van der Waals surface area (Å²) in [6, 6.07) is 1.11. The van der Waals surface area contributed by atoms with Crippen molar-refractivity contribution in [1.29, 1.82) is 0 Å². The Bertz CT molecular complexity index is 410. The summed E-state index contributed by atoms with van der Waals surface area (Å²) in [5.74, 6) is -0.656. The number of aliphatic hydroxyl groups is 1. The minimum absolute atomic E-state index is 0.00962. The molecule has 0 aliphatic carbocycles. The molecule has 0 bridgehead atoms. The van der Waals surface area contributed by atoms with Gasteiger partial charge < -0.3 is 15.5 Å². The van der Waals surface area contributed by atoms with Crippen molar-refractivity contribution in [1.82, 2.24) is 4.98 Å². The molecule has 1 rings (SSSR count). The average Bonchev–Trinajstić information content (AvgIpc) is 2.26. The summed E-state index contributed by atoms with van der Waals surface area (Å²) in [6.07, 6.45) is 1.37. The van der Waals surface area contributed by atoms with Gasteiger partial charge >= 0.3 is 5.97 Å². The molecule has 17 heavy (non-hydrogen) atoms. The van der Waals surface area contributed by atoms with Crippen LogP contribution in [0.25, 0.3) is 0 Å². The quantitative estimate of drug-likeness (QED) is 0.751. The number of anilines is 1. The van der Waals surface area contributed by atoms with Gasteiger partial charge in [-0.3, -0.25) is 0 Å². The standard InChI is InChI=1S/C11H15ClN2O3/c1-6(2)8(5-15)14-10-9(12)7(11(16)17)3-4-13-10/h3-4,6,8,15H,5H2,1-2H3,(H,13,14)(H,16,17). The summed E-state index contributed by atoms with van der Waals surface area (Å²) >= 11 is 5.92. The number of hydrogen-bond donors (Lipinski definition) is 3. The molecule has 0 spiro atoms. The van der Waals surface area contributed by atoms with Gasteiger partial charge in [0.1, 0.15) is 5.82 Å². The third-order valence-electron chi connectivity index (χ3n) is 2.44. The summed E-state index contributed by atoms with van der Waals surface area (Å²) in [6.45, 7) is 3.79. The second-order valence-corrected chi connectivity index (χ2v) is 4.38. The molecule has 0 amide bonds. The molecule has 0 saturated carbocycles. The number of aromatic nitrogens is 1. The fourth-order valence-electron chi connectivity index (χ4n) is 1.31. The molecule has 0 radical (unpaired) electrons. The third-order valence-corrected chi connectivity index (χ3v) is 2.83. The number of hydrogen-bond acceptors (Lipinski definition) is 4. The lowest BCUT2D eigenvalue weighted by Crippen LogP contribution is -2.30. The van der Waals surface area contributed by atoms with Gasteiger partial charge in [-0.1, -0.05) is 25.4 Å². The van der Waals surface area contributed by atoms with E-state index in [0.29, 0.717) is 0 Å². The van der Waals surface area contributed by atoms with E-state index in [0.717, 1.165) is 0 Å². The molecule has 1 aromatic heterocycles. The average molecular weight is 259 g/mol. The number of rotatable bonds is 5. The van der Waals surface area contributed by atoms with Crippen LogP contribution in [0.4, 0.5) is 5.82 Å². The van der Waals surface area contributed by atoms with Crippen LogP contribution < -0.4 is 5.32 Å². The van der Waals surface area contributed by atoms with E-state index in [1.54, 1.807) is 0 Å². The predicted molar refractivity (Wildman–Crippen MR) is 65.5 cm³/mol. The molecule has 0 saturated heterocycles. The van der Waals surface area contributed by atoms with Crippen LogP contribution in [0.3, 0.4) is 0 Å². The van der Waals surface area contributed by atoms with Gasteiger partial charge in [-0.15, -0.1) is 0 Å². The van der Waals surface area contributed by atoms with Gasteiger partial charge in [0.2, 0.25) is 0 Å². The molecule has 1 atom stereocenters. The normalized spacial score (nSPS) is 12.5. The van der Waals surface area contributed by atoms with Gasteiger partial charge in [-0.05, 0) is 12.0 Å². The van der Waals surface area contributed by atoms with Gasteiger partial charge in [0, 0.05) is 6.20 Å². The number of aliphatic hydroxyl groups excluding tert-OH is 1. The lowest BCUT2D eigenvalue weighted by atomic mass is 10.1. The third kappa shape index (κ3) is 3.31. The van der Waals surface area contributed by atoms with Crippen molar-refractivity contribution >= 4 is 23.4 Å². The molecular weight excluding hydrogens is 244 g/mol. The zero-order chi connectivity index (χ0) is 13.0. The fraction of sp³-hybridized carbons (Fsp3) is 0.455. The maximum Gasteiger partial charge on any atom is 0.337 e. The topological polar surface area (TPSA) is 82.5 Å². The van der Waals surface area contributed by atoms with Crippen LogP contribution in [0.1, 0.15) is 24.2 Å². The Balaban J connectivity index is 2.99. The lowest BCUT2D eigenvalue weighted by molar-refractivity contribution is 0.0697. The molecule has 1 aromatic rings. The van der Waals surface area contributed by atoms with Crippen molar-refractivity contribution in [3.63, 3.8) is 0 Å². The largest absolute Gasteiger partial charge is 0.478 e. The van der Waals surface area contributed by atoms with Gasteiger partial charge in [-0.2, -0.15) is 0 Å². The fourth-order valence-corrected chi connectivity index (χ4v) is 1.56. The lowest BCUT2D eigenvalue weighted by Gasteiger charge is -2.21. The van der Waals surface area contributed by atoms with E-state index in [4.69, 9.17) is 16.7 Å². The zero-order valence-corrected chi connectivity index (χ0v) is 10.4. The van der Waals surface area contributed by atoms with Crippen LogP contribution in [-0.2, 0) is 0 Å². The zero-order valence-electron chi connectivity index (χ0n) is 9.64. The Hall–Kier alpha value is -1.33. The van der Waals surface area contributed by atoms with Crippen LogP contribution in [0, 0.1) is 5.92 Å². The van der Waals surface area contributed by atoms with Crippen molar-refractivity contribution in [3.05, 3.63) is 22.8 Å². The van der Waals surface area contributed by atoms with Gasteiger partial charge in [0.05, 0.1) is 23.2 Å². The van der Waals surface area contributed by atoms with Crippen LogP contribution in [0.15, 0.2) is 12.3 Å². The van der Waals surface area contributed by atoms with E-state index in [1.807, 2.05) is 13.8 Å². The summed E-state index contributed by atoms with van der Waals surface area (Å²) in [7, 11) is 0. The van der Waals surface area contributed by atoms with Crippen LogP contribution in [-0.4, -0.2) is 33.8 Å². The van der Waals surface area contributed by atoms with Gasteiger partial charge in [0.25, 0.3) is 0 Å². The number of carbonyl (C=O) groups is 1. The van der Waals surface area contributed by atoms with Crippen molar-refractivity contribution in [2.24, 2.45) is 5.92 Å². The number of carboxylic acid groups (broad SMARTS) is 1. The first-order valence-electron chi connectivity index (χ1n) is 5.22. The predicted octanol–water partition coefficient (Wildman–Crippen LogP) is 1.86. The highest BCUT2D eigenvalue weighted by atomic mass is 35.5. The minimum atomic E-state index is -1.11. The molecule has 1 heterocycles. The van der Waals surface area contributed by atoms with Crippen LogP contribution >= 0.6 is 11.6 Å². The minimum Gasteiger partial charge on any atom is -0.478 e. The van der Waals surface area contributed by atoms with Gasteiger partial charge in [-0.25, -0.2) is 9.78 Å². The number of carboxylic acids is 1. The molecule has 0 fully saturated rings. The summed E-state index contributed by atoms with van der Waals surface area (Å²) in [4.78, 5) is 14.8. The van der Waals surface area contributed by atoms with E-state index >= 15 is 0 Å². The number of nitrogens with one attached hydrogen (secondary N) is 1. The molecule has 0 aliphatic heterocycles. The number of halogens is 1. The first-order chi connectivity index (χ1) is 7.97. The second-order valence-electron chi connectivity index (χ2n) is 4.00. The maximum atomic E-state index is 10.9. The number of pyridine rings is 1. The highest BCUT2D eigenvalue weighted by molar-refractivity contribution is 6.35. The highest BCUT2D eigenvalue weighted by Crippen LogP contribution is 2.24. The first kappa shape index (κ1) is 13.7. The van der Waals surface area contributed by atoms with Crippen molar-refractivity contribution in [2.45, 2.75) is 19.9 Å². The smallest absolute Gasteiger partial charge is 0.337 e. The number of nitrogens with zero attached hydrogens (tertiary/aromatic N) is 1. The van der Waals surface area contributed by atoms with Crippen molar-refractivity contribution in [3.8, 4) is 0 Å². The van der Waals surface area contributed by atoms with E-state index in [2.05, 4.69) is 10.3 Å². The Morgan fingerprint density at radius 1 is 1.59 bits per heavy atom. The molecule has 94 valence electrons. The Morgan fingerprint density at radius 2 is 2.24 bits per heavy atom. The van der Waals surface area contributed by atoms with Crippen LogP contribution in [0.2, 0.25) is 5.02 Å². The molecule has 5 nitrogen and oxygen atoms in total. The highest BCUT2D eigenvalue weighted by Gasteiger charge is 2.17. The van der Waals surface area contributed by atoms with Crippen LogP contribution in [0.5, 0.6) is 0 Å². The molecule has 1 unspecified atom stereocenters. The SMILES string of the molecule is CC(C)C(CO)Nc1nccc(C(=O)O)c1Cl. The summed E-state index contributed by atoms with van der Waals surface area (Å²) in [5.41, 5.74) is -0.00962. The molecular formula is C11H15ClN2O3. The van der Waals surface area contributed by atoms with E-state index in [1.165, 1.54) is 12.3 Å². The summed E-state index contributed by atoms with van der Waals surface area (Å²) < 4.78 is 0.